The maximum Gasteiger partial charge on any atom is 0.228 e. The van der Waals surface area contributed by atoms with Gasteiger partial charge in [0.1, 0.15) is 5.01 Å². The second-order valence-corrected chi connectivity index (χ2v) is 6.77. The van der Waals surface area contributed by atoms with Crippen LogP contribution in [0, 0.1) is 0 Å². The summed E-state index contributed by atoms with van der Waals surface area (Å²) in [6.07, 6.45) is 5.01. The minimum atomic E-state index is 0.0898. The Balaban J connectivity index is 1.91. The fourth-order valence-corrected chi connectivity index (χ4v) is 3.19. The Hall–Kier alpha value is -0.980. The van der Waals surface area contributed by atoms with Gasteiger partial charge in [0.2, 0.25) is 5.91 Å². The summed E-state index contributed by atoms with van der Waals surface area (Å²) in [6.45, 7) is 1.99. The topological polar surface area (TPSA) is 56.7 Å². The highest BCUT2D eigenvalue weighted by Crippen LogP contribution is 2.26. The van der Waals surface area contributed by atoms with Gasteiger partial charge in [-0.1, -0.05) is 6.42 Å². The number of carbonyl (C=O) groups is 1. The average molecular weight is 311 g/mol. The zero-order valence-corrected chi connectivity index (χ0v) is 13.7. The van der Waals surface area contributed by atoms with Crippen LogP contribution in [0.25, 0.3) is 0 Å². The van der Waals surface area contributed by atoms with Gasteiger partial charge in [-0.2, -0.15) is 0 Å². The van der Waals surface area contributed by atoms with Crippen LogP contribution >= 0.6 is 11.3 Å². The molecule has 1 fully saturated rings. The Morgan fingerprint density at radius 2 is 2.24 bits per heavy atom. The van der Waals surface area contributed by atoms with E-state index in [4.69, 9.17) is 5.11 Å². The number of hydrogen-bond donors (Lipinski definition) is 1. The van der Waals surface area contributed by atoms with Crippen molar-refractivity contribution in [3.63, 3.8) is 0 Å². The number of thiazole rings is 1. The average Bonchev–Trinajstić information content (AvgIpc) is 2.81. The minimum absolute atomic E-state index is 0.0898. The van der Waals surface area contributed by atoms with Gasteiger partial charge in [0, 0.05) is 45.2 Å². The molecule has 0 aliphatic heterocycles. The van der Waals surface area contributed by atoms with Crippen LogP contribution in [-0.2, 0) is 17.8 Å². The molecule has 118 valence electrons. The molecule has 2 rings (SSSR count). The van der Waals surface area contributed by atoms with Crippen LogP contribution < -0.4 is 0 Å². The van der Waals surface area contributed by atoms with Crippen LogP contribution in [0.1, 0.15) is 36.4 Å². The molecule has 0 saturated heterocycles. The Morgan fingerprint density at radius 1 is 1.48 bits per heavy atom. The smallest absolute Gasteiger partial charge is 0.228 e. The summed E-state index contributed by atoms with van der Waals surface area (Å²) in [5.41, 5.74) is 1.05. The standard InChI is InChI=1S/C15H25N3O2S/c1-17(2)15(20)9-14-16-12(11-21-14)10-18(7-4-8-19)13-5-3-6-13/h11,13,19H,3-10H2,1-2H3. The Labute approximate surface area is 130 Å². The van der Waals surface area contributed by atoms with Gasteiger partial charge in [0.25, 0.3) is 0 Å². The summed E-state index contributed by atoms with van der Waals surface area (Å²) in [6, 6.07) is 0.644. The van der Waals surface area contributed by atoms with Crippen molar-refractivity contribution in [3.05, 3.63) is 16.1 Å². The highest BCUT2D eigenvalue weighted by atomic mass is 32.1. The van der Waals surface area contributed by atoms with Gasteiger partial charge in [-0.3, -0.25) is 9.69 Å². The number of aliphatic hydroxyl groups excluding tert-OH is 1. The third kappa shape index (κ3) is 4.76. The number of aromatic nitrogens is 1. The minimum Gasteiger partial charge on any atom is -0.396 e. The van der Waals surface area contributed by atoms with Gasteiger partial charge in [0.15, 0.2) is 0 Å². The van der Waals surface area contributed by atoms with E-state index in [9.17, 15) is 4.79 Å². The predicted molar refractivity (Wildman–Crippen MR) is 84.3 cm³/mol. The summed E-state index contributed by atoms with van der Waals surface area (Å²) < 4.78 is 0. The van der Waals surface area contributed by atoms with E-state index in [0.717, 1.165) is 30.2 Å². The Bertz CT molecular complexity index is 458. The second kappa shape index (κ2) is 7.87. The monoisotopic (exact) mass is 311 g/mol. The zero-order valence-electron chi connectivity index (χ0n) is 12.9. The summed E-state index contributed by atoms with van der Waals surface area (Å²) in [5, 5.41) is 12.0. The van der Waals surface area contributed by atoms with Crippen molar-refractivity contribution >= 4 is 17.2 Å². The molecule has 6 heteroatoms. The lowest BCUT2D eigenvalue weighted by Gasteiger charge is -2.37. The normalized spacial score (nSPS) is 15.2. The Kier molecular flexibility index (Phi) is 6.14. The van der Waals surface area contributed by atoms with Crippen LogP contribution in [0.2, 0.25) is 0 Å². The molecule has 21 heavy (non-hydrogen) atoms. The first-order valence-electron chi connectivity index (χ1n) is 7.58. The summed E-state index contributed by atoms with van der Waals surface area (Å²) in [5.74, 6) is 0.0898. The molecule has 0 radical (unpaired) electrons. The van der Waals surface area contributed by atoms with Crippen molar-refractivity contribution in [3.8, 4) is 0 Å². The molecule has 0 aromatic carbocycles. The van der Waals surface area contributed by atoms with Crippen molar-refractivity contribution in [1.82, 2.24) is 14.8 Å². The number of likely N-dealkylation sites (N-methyl/N-ethyl adjacent to an activating group) is 1. The molecule has 0 atom stereocenters. The van der Waals surface area contributed by atoms with Gasteiger partial charge < -0.3 is 10.0 Å². The van der Waals surface area contributed by atoms with Crippen molar-refractivity contribution in [2.75, 3.05) is 27.2 Å². The maximum atomic E-state index is 11.7. The largest absolute Gasteiger partial charge is 0.396 e. The lowest BCUT2D eigenvalue weighted by molar-refractivity contribution is -0.127. The Morgan fingerprint density at radius 3 is 2.81 bits per heavy atom. The molecule has 1 aliphatic carbocycles. The van der Waals surface area contributed by atoms with Crippen molar-refractivity contribution in [1.29, 1.82) is 0 Å². The molecule has 1 N–H and O–H groups in total. The van der Waals surface area contributed by atoms with Gasteiger partial charge in [-0.05, 0) is 19.3 Å². The van der Waals surface area contributed by atoms with Gasteiger partial charge in [-0.25, -0.2) is 4.98 Å². The first-order valence-corrected chi connectivity index (χ1v) is 8.46. The first kappa shape index (κ1) is 16.4. The maximum absolute atomic E-state index is 11.7. The quantitative estimate of drug-likeness (QED) is 0.791. The van der Waals surface area contributed by atoms with E-state index in [1.165, 1.54) is 19.3 Å². The van der Waals surface area contributed by atoms with Crippen LogP contribution in [0.4, 0.5) is 0 Å². The molecule has 5 nitrogen and oxygen atoms in total. The van der Waals surface area contributed by atoms with Gasteiger partial charge >= 0.3 is 0 Å². The first-order chi connectivity index (χ1) is 10.1. The van der Waals surface area contributed by atoms with Crippen molar-refractivity contribution < 1.29 is 9.90 Å². The van der Waals surface area contributed by atoms with E-state index in [1.54, 1.807) is 30.3 Å². The lowest BCUT2D eigenvalue weighted by atomic mass is 9.91. The molecule has 0 bridgehead atoms. The molecule has 0 unspecified atom stereocenters. The number of hydrogen-bond acceptors (Lipinski definition) is 5. The fourth-order valence-electron chi connectivity index (χ4n) is 2.41. The van der Waals surface area contributed by atoms with Crippen molar-refractivity contribution in [2.24, 2.45) is 0 Å². The number of rotatable bonds is 8. The third-order valence-corrected chi connectivity index (χ3v) is 4.86. The van der Waals surface area contributed by atoms with Crippen LogP contribution in [0.15, 0.2) is 5.38 Å². The summed E-state index contributed by atoms with van der Waals surface area (Å²) in [7, 11) is 3.54. The van der Waals surface area contributed by atoms with E-state index >= 15 is 0 Å². The van der Waals surface area contributed by atoms with Crippen LogP contribution in [0.5, 0.6) is 0 Å². The second-order valence-electron chi connectivity index (χ2n) is 5.83. The molecule has 1 aromatic heterocycles. The van der Waals surface area contributed by atoms with E-state index < -0.39 is 0 Å². The molecule has 1 aliphatic rings. The molecule has 0 spiro atoms. The van der Waals surface area contributed by atoms with Gasteiger partial charge in [-0.15, -0.1) is 11.3 Å². The highest BCUT2D eigenvalue weighted by molar-refractivity contribution is 7.09. The molecule has 1 saturated carbocycles. The van der Waals surface area contributed by atoms with E-state index in [1.807, 2.05) is 0 Å². The van der Waals surface area contributed by atoms with E-state index in [2.05, 4.69) is 15.3 Å². The number of nitrogens with zero attached hydrogens (tertiary/aromatic N) is 3. The molecular formula is C15H25N3O2S. The molecular weight excluding hydrogens is 286 g/mol. The molecule has 1 heterocycles. The predicted octanol–water partition coefficient (Wildman–Crippen LogP) is 1.51. The fraction of sp³-hybridized carbons (Fsp3) is 0.733. The number of aliphatic hydroxyl groups is 1. The summed E-state index contributed by atoms with van der Waals surface area (Å²) >= 11 is 1.56. The SMILES string of the molecule is CN(C)C(=O)Cc1nc(CN(CCCO)C2CCC2)cs1. The van der Waals surface area contributed by atoms with Crippen molar-refractivity contribution in [2.45, 2.75) is 44.7 Å². The van der Waals surface area contributed by atoms with E-state index in [-0.39, 0.29) is 12.5 Å². The third-order valence-electron chi connectivity index (χ3n) is 3.96. The number of amides is 1. The summed E-state index contributed by atoms with van der Waals surface area (Å²) in [4.78, 5) is 20.3. The molecule has 1 amide bonds. The lowest BCUT2D eigenvalue weighted by Crippen LogP contribution is -2.40. The van der Waals surface area contributed by atoms with Gasteiger partial charge in [0.05, 0.1) is 12.1 Å². The zero-order chi connectivity index (χ0) is 15.2. The van der Waals surface area contributed by atoms with Crippen LogP contribution in [-0.4, -0.2) is 59.1 Å². The number of carbonyl (C=O) groups excluding carboxylic acids is 1. The van der Waals surface area contributed by atoms with E-state index in [0.29, 0.717) is 12.5 Å². The van der Waals surface area contributed by atoms with Crippen LogP contribution in [0.3, 0.4) is 0 Å². The molecule has 1 aromatic rings. The highest BCUT2D eigenvalue weighted by Gasteiger charge is 2.25.